The van der Waals surface area contributed by atoms with Gasteiger partial charge in [0.2, 0.25) is 0 Å². The molecule has 0 aliphatic rings. The fourth-order valence-electron chi connectivity index (χ4n) is 1.87. The lowest BCUT2D eigenvalue weighted by Gasteiger charge is -2.16. The number of amides is 1. The first-order chi connectivity index (χ1) is 9.49. The predicted molar refractivity (Wildman–Crippen MR) is 86.0 cm³/mol. The minimum atomic E-state index is -0.222. The Hall–Kier alpha value is -1.16. The molecule has 1 N–H and O–H groups in total. The van der Waals surface area contributed by atoms with Gasteiger partial charge in [-0.1, -0.05) is 41.4 Å². The summed E-state index contributed by atoms with van der Waals surface area (Å²) in [6.45, 7) is 1.87. The topological polar surface area (TPSA) is 29.1 Å². The third kappa shape index (κ3) is 3.48. The maximum absolute atomic E-state index is 12.2. The number of benzene rings is 2. The van der Waals surface area contributed by atoms with E-state index in [4.69, 9.17) is 23.2 Å². The van der Waals surface area contributed by atoms with Crippen molar-refractivity contribution in [1.82, 2.24) is 5.32 Å². The lowest BCUT2D eigenvalue weighted by Crippen LogP contribution is -2.27. The van der Waals surface area contributed by atoms with Gasteiger partial charge in [-0.05, 0) is 36.8 Å². The first kappa shape index (κ1) is 15.2. The van der Waals surface area contributed by atoms with Crippen molar-refractivity contribution in [2.75, 3.05) is 0 Å². The summed E-state index contributed by atoms with van der Waals surface area (Å²) in [5, 5.41) is 4.00. The van der Waals surface area contributed by atoms with Crippen LogP contribution in [0.1, 0.15) is 28.9 Å². The zero-order valence-corrected chi connectivity index (χ0v) is 13.1. The van der Waals surface area contributed by atoms with E-state index in [0.29, 0.717) is 20.5 Å². The van der Waals surface area contributed by atoms with Gasteiger partial charge in [0.15, 0.2) is 0 Å². The van der Waals surface area contributed by atoms with E-state index in [1.807, 2.05) is 19.1 Å². The van der Waals surface area contributed by atoms with E-state index in [9.17, 15) is 4.79 Å². The van der Waals surface area contributed by atoms with Crippen LogP contribution in [0.15, 0.2) is 47.4 Å². The quantitative estimate of drug-likeness (QED) is 0.782. The standard InChI is InChI=1S/C15H13Cl2NOS/c1-9(11-7-6-10(16)8-13(11)17)18-15(19)12-4-2-3-5-14(12)20/h2-9,20H,1H3,(H,18,19). The molecule has 2 nitrogen and oxygen atoms in total. The van der Waals surface area contributed by atoms with Crippen molar-refractivity contribution in [1.29, 1.82) is 0 Å². The van der Waals surface area contributed by atoms with Gasteiger partial charge in [0, 0.05) is 14.9 Å². The molecule has 1 unspecified atom stereocenters. The summed E-state index contributed by atoms with van der Waals surface area (Å²) in [5.74, 6) is -0.186. The fraction of sp³-hybridized carbons (Fsp3) is 0.133. The van der Waals surface area contributed by atoms with Crippen molar-refractivity contribution >= 4 is 41.7 Å². The highest BCUT2D eigenvalue weighted by Gasteiger charge is 2.15. The van der Waals surface area contributed by atoms with Crippen LogP contribution in [-0.4, -0.2) is 5.91 Å². The van der Waals surface area contributed by atoms with E-state index in [0.717, 1.165) is 5.56 Å². The highest BCUT2D eigenvalue weighted by molar-refractivity contribution is 7.80. The Morgan fingerprint density at radius 3 is 2.55 bits per heavy atom. The van der Waals surface area contributed by atoms with Gasteiger partial charge in [-0.2, -0.15) is 0 Å². The van der Waals surface area contributed by atoms with Crippen LogP contribution in [0.25, 0.3) is 0 Å². The first-order valence-electron chi connectivity index (χ1n) is 6.03. The first-order valence-corrected chi connectivity index (χ1v) is 7.23. The van der Waals surface area contributed by atoms with Crippen molar-refractivity contribution in [2.24, 2.45) is 0 Å². The maximum Gasteiger partial charge on any atom is 0.252 e. The van der Waals surface area contributed by atoms with Gasteiger partial charge in [-0.15, -0.1) is 12.6 Å². The van der Waals surface area contributed by atoms with Crippen molar-refractivity contribution in [2.45, 2.75) is 17.9 Å². The fourth-order valence-corrected chi connectivity index (χ4v) is 2.70. The van der Waals surface area contributed by atoms with E-state index in [2.05, 4.69) is 17.9 Å². The summed E-state index contributed by atoms with van der Waals surface area (Å²) >= 11 is 16.3. The zero-order chi connectivity index (χ0) is 14.7. The normalized spacial score (nSPS) is 12.0. The Balaban J connectivity index is 2.17. The number of carbonyl (C=O) groups is 1. The molecule has 0 radical (unpaired) electrons. The Morgan fingerprint density at radius 1 is 1.20 bits per heavy atom. The molecule has 0 spiro atoms. The van der Waals surface area contributed by atoms with Crippen molar-refractivity contribution in [3.05, 3.63) is 63.6 Å². The summed E-state index contributed by atoms with van der Waals surface area (Å²) in [4.78, 5) is 12.8. The molecule has 20 heavy (non-hydrogen) atoms. The number of hydrogen-bond donors (Lipinski definition) is 2. The molecule has 0 aliphatic heterocycles. The molecule has 0 saturated carbocycles. The average molecular weight is 326 g/mol. The lowest BCUT2D eigenvalue weighted by molar-refractivity contribution is 0.0937. The summed E-state index contributed by atoms with van der Waals surface area (Å²) < 4.78 is 0. The van der Waals surface area contributed by atoms with Crippen LogP contribution in [0.3, 0.4) is 0 Å². The van der Waals surface area contributed by atoms with Crippen molar-refractivity contribution in [3.63, 3.8) is 0 Å². The summed E-state index contributed by atoms with van der Waals surface area (Å²) in [6, 6.07) is 12.1. The van der Waals surface area contributed by atoms with Crippen LogP contribution in [0.4, 0.5) is 0 Å². The summed E-state index contributed by atoms with van der Waals surface area (Å²) in [5.41, 5.74) is 1.36. The van der Waals surface area contributed by atoms with E-state index >= 15 is 0 Å². The molecule has 2 aromatic carbocycles. The van der Waals surface area contributed by atoms with Crippen molar-refractivity contribution < 1.29 is 4.79 Å². The molecule has 0 heterocycles. The van der Waals surface area contributed by atoms with Crippen LogP contribution in [0, 0.1) is 0 Å². The van der Waals surface area contributed by atoms with E-state index in [1.165, 1.54) is 0 Å². The minimum Gasteiger partial charge on any atom is -0.345 e. The number of hydrogen-bond acceptors (Lipinski definition) is 2. The molecule has 2 aromatic rings. The van der Waals surface area contributed by atoms with Crippen LogP contribution in [0.5, 0.6) is 0 Å². The van der Waals surface area contributed by atoms with Crippen molar-refractivity contribution in [3.8, 4) is 0 Å². The smallest absolute Gasteiger partial charge is 0.252 e. The summed E-state index contributed by atoms with van der Waals surface area (Å²) in [7, 11) is 0. The Morgan fingerprint density at radius 2 is 1.90 bits per heavy atom. The number of nitrogens with one attached hydrogen (secondary N) is 1. The van der Waals surface area contributed by atoms with E-state index < -0.39 is 0 Å². The number of halogens is 2. The van der Waals surface area contributed by atoms with Gasteiger partial charge in [-0.3, -0.25) is 4.79 Å². The second-order valence-electron chi connectivity index (χ2n) is 4.38. The van der Waals surface area contributed by atoms with Gasteiger partial charge in [0.05, 0.1) is 11.6 Å². The molecule has 1 amide bonds. The molecule has 1 atom stereocenters. The Kier molecular flexibility index (Phi) is 4.97. The second kappa shape index (κ2) is 6.53. The molecule has 0 saturated heterocycles. The van der Waals surface area contributed by atoms with Crippen LogP contribution in [-0.2, 0) is 0 Å². The van der Waals surface area contributed by atoms with E-state index in [1.54, 1.807) is 30.3 Å². The predicted octanol–water partition coefficient (Wildman–Crippen LogP) is 4.77. The van der Waals surface area contributed by atoms with Crippen LogP contribution in [0.2, 0.25) is 10.0 Å². The molecule has 0 aromatic heterocycles. The Bertz CT molecular complexity index is 646. The SMILES string of the molecule is CC(NC(=O)c1ccccc1S)c1ccc(Cl)cc1Cl. The highest BCUT2D eigenvalue weighted by Crippen LogP contribution is 2.26. The second-order valence-corrected chi connectivity index (χ2v) is 5.70. The zero-order valence-electron chi connectivity index (χ0n) is 10.7. The van der Waals surface area contributed by atoms with E-state index in [-0.39, 0.29) is 11.9 Å². The Labute approximate surface area is 133 Å². The van der Waals surface area contributed by atoms with Crippen LogP contribution >= 0.6 is 35.8 Å². The molecule has 104 valence electrons. The molecule has 0 fully saturated rings. The van der Waals surface area contributed by atoms with Gasteiger partial charge >= 0.3 is 0 Å². The molecular weight excluding hydrogens is 313 g/mol. The molecule has 5 heteroatoms. The third-order valence-corrected chi connectivity index (χ3v) is 3.88. The third-order valence-electron chi connectivity index (χ3n) is 2.93. The number of carbonyl (C=O) groups excluding carboxylic acids is 1. The summed E-state index contributed by atoms with van der Waals surface area (Å²) in [6.07, 6.45) is 0. The molecule has 0 aliphatic carbocycles. The average Bonchev–Trinajstić information content (AvgIpc) is 2.38. The monoisotopic (exact) mass is 325 g/mol. The maximum atomic E-state index is 12.2. The number of thiol groups is 1. The molecular formula is C15H13Cl2NOS. The number of rotatable bonds is 3. The minimum absolute atomic E-state index is 0.186. The van der Waals surface area contributed by atoms with Crippen LogP contribution < -0.4 is 5.32 Å². The van der Waals surface area contributed by atoms with Gasteiger partial charge in [-0.25, -0.2) is 0 Å². The molecule has 0 bridgehead atoms. The largest absolute Gasteiger partial charge is 0.345 e. The molecule has 2 rings (SSSR count). The highest BCUT2D eigenvalue weighted by atomic mass is 35.5. The lowest BCUT2D eigenvalue weighted by atomic mass is 10.1. The van der Waals surface area contributed by atoms with Gasteiger partial charge < -0.3 is 5.32 Å². The van der Waals surface area contributed by atoms with Gasteiger partial charge in [0.25, 0.3) is 5.91 Å². The van der Waals surface area contributed by atoms with Gasteiger partial charge in [0.1, 0.15) is 0 Å².